The second-order valence-electron chi connectivity index (χ2n) is 5.57. The molecule has 5 heteroatoms. The molecule has 0 aromatic heterocycles. The Morgan fingerprint density at radius 2 is 1.50 bits per heavy atom. The highest BCUT2D eigenvalue weighted by molar-refractivity contribution is 9.10. The number of para-hydroxylation sites is 1. The van der Waals surface area contributed by atoms with Gasteiger partial charge in [0.05, 0.1) is 11.4 Å². The molecule has 0 unspecified atom stereocenters. The van der Waals surface area contributed by atoms with Crippen molar-refractivity contribution in [2.45, 2.75) is 0 Å². The van der Waals surface area contributed by atoms with Crippen LogP contribution in [-0.2, 0) is 0 Å². The standard InChI is InChI=1S/C21H18BrN3O/c22-20-9-5-4-6-16(20)14-15-24-21(26)25(18-7-2-1-3-8-18)19-12-10-17(23)11-13-19/h1-15H,23H2,(H,24,26)/b15-14+. The lowest BCUT2D eigenvalue weighted by molar-refractivity contribution is 0.251. The minimum atomic E-state index is -0.260. The first-order valence-electron chi connectivity index (χ1n) is 8.07. The maximum absolute atomic E-state index is 12.8. The number of anilines is 3. The van der Waals surface area contributed by atoms with Crippen molar-refractivity contribution in [1.82, 2.24) is 5.32 Å². The molecule has 0 aliphatic carbocycles. The molecule has 3 rings (SSSR count). The molecule has 0 aliphatic heterocycles. The highest BCUT2D eigenvalue weighted by Gasteiger charge is 2.16. The first-order chi connectivity index (χ1) is 12.6. The summed E-state index contributed by atoms with van der Waals surface area (Å²) in [4.78, 5) is 14.4. The van der Waals surface area contributed by atoms with E-state index in [1.807, 2.05) is 72.8 Å². The van der Waals surface area contributed by atoms with E-state index in [-0.39, 0.29) is 6.03 Å². The Balaban J connectivity index is 1.83. The fraction of sp³-hybridized carbons (Fsp3) is 0. The molecule has 0 saturated carbocycles. The van der Waals surface area contributed by atoms with Crippen molar-refractivity contribution < 1.29 is 4.79 Å². The van der Waals surface area contributed by atoms with Crippen LogP contribution < -0.4 is 16.0 Å². The number of nitrogen functional groups attached to an aromatic ring is 1. The van der Waals surface area contributed by atoms with E-state index >= 15 is 0 Å². The van der Waals surface area contributed by atoms with Crippen LogP contribution >= 0.6 is 15.9 Å². The molecule has 0 aliphatic rings. The van der Waals surface area contributed by atoms with E-state index in [9.17, 15) is 4.79 Å². The van der Waals surface area contributed by atoms with Gasteiger partial charge in [0.25, 0.3) is 0 Å². The van der Waals surface area contributed by atoms with E-state index in [1.165, 1.54) is 0 Å². The number of carbonyl (C=O) groups excluding carboxylic acids is 1. The summed E-state index contributed by atoms with van der Waals surface area (Å²) >= 11 is 3.49. The number of hydrogen-bond donors (Lipinski definition) is 2. The smallest absolute Gasteiger partial charge is 0.330 e. The number of hydrogen-bond acceptors (Lipinski definition) is 2. The van der Waals surface area contributed by atoms with Gasteiger partial charge in [0.2, 0.25) is 0 Å². The first kappa shape index (κ1) is 17.8. The lowest BCUT2D eigenvalue weighted by Crippen LogP contribution is -2.33. The third kappa shape index (κ3) is 4.32. The molecule has 0 bridgehead atoms. The van der Waals surface area contributed by atoms with E-state index in [4.69, 9.17) is 5.73 Å². The lowest BCUT2D eigenvalue weighted by Gasteiger charge is -2.22. The molecule has 2 amide bonds. The number of benzene rings is 3. The molecule has 3 aromatic carbocycles. The van der Waals surface area contributed by atoms with Crippen LogP contribution in [0.4, 0.5) is 21.9 Å². The maximum atomic E-state index is 12.8. The van der Waals surface area contributed by atoms with Crippen molar-refractivity contribution in [3.8, 4) is 0 Å². The molecule has 130 valence electrons. The maximum Gasteiger partial charge on any atom is 0.330 e. The van der Waals surface area contributed by atoms with Gasteiger partial charge in [0.1, 0.15) is 0 Å². The summed E-state index contributed by atoms with van der Waals surface area (Å²) in [6.07, 6.45) is 3.48. The first-order valence-corrected chi connectivity index (χ1v) is 8.87. The zero-order valence-corrected chi connectivity index (χ0v) is 15.6. The molecule has 0 saturated heterocycles. The number of urea groups is 1. The number of amides is 2. The SMILES string of the molecule is Nc1ccc(N(C(=O)N/C=C/c2ccccc2Br)c2ccccc2)cc1. The van der Waals surface area contributed by atoms with Crippen molar-refractivity contribution >= 4 is 45.1 Å². The third-order valence-corrected chi connectivity index (χ3v) is 4.47. The molecular weight excluding hydrogens is 390 g/mol. The minimum absolute atomic E-state index is 0.260. The van der Waals surface area contributed by atoms with Gasteiger partial charge in [-0.25, -0.2) is 4.79 Å². The van der Waals surface area contributed by atoms with Crippen molar-refractivity contribution in [1.29, 1.82) is 0 Å². The van der Waals surface area contributed by atoms with Gasteiger partial charge in [-0.05, 0) is 54.1 Å². The molecule has 0 fully saturated rings. The second kappa shape index (κ2) is 8.36. The number of nitrogens with zero attached hydrogens (tertiary/aromatic N) is 1. The van der Waals surface area contributed by atoms with Crippen LogP contribution in [0.3, 0.4) is 0 Å². The van der Waals surface area contributed by atoms with Gasteiger partial charge in [-0.2, -0.15) is 0 Å². The average Bonchev–Trinajstić information content (AvgIpc) is 2.66. The summed E-state index contributed by atoms with van der Waals surface area (Å²) in [5.74, 6) is 0. The normalized spacial score (nSPS) is 10.7. The van der Waals surface area contributed by atoms with E-state index in [2.05, 4.69) is 21.2 Å². The third-order valence-electron chi connectivity index (χ3n) is 3.74. The number of carbonyl (C=O) groups is 1. The van der Waals surface area contributed by atoms with Gasteiger partial charge in [-0.1, -0.05) is 52.3 Å². The lowest BCUT2D eigenvalue weighted by atomic mass is 10.2. The Bertz CT molecular complexity index is 908. The zero-order chi connectivity index (χ0) is 18.4. The molecule has 26 heavy (non-hydrogen) atoms. The average molecular weight is 408 g/mol. The Morgan fingerprint density at radius 3 is 2.19 bits per heavy atom. The monoisotopic (exact) mass is 407 g/mol. The van der Waals surface area contributed by atoms with Crippen molar-refractivity contribution in [3.63, 3.8) is 0 Å². The molecular formula is C21H18BrN3O. The van der Waals surface area contributed by atoms with Crippen LogP contribution in [0.15, 0.2) is 89.5 Å². The van der Waals surface area contributed by atoms with E-state index in [0.29, 0.717) is 5.69 Å². The summed E-state index contributed by atoms with van der Waals surface area (Å²) in [6.45, 7) is 0. The molecule has 0 spiro atoms. The second-order valence-corrected chi connectivity index (χ2v) is 6.42. The van der Waals surface area contributed by atoms with Gasteiger partial charge >= 0.3 is 6.03 Å². The number of rotatable bonds is 4. The predicted molar refractivity (Wildman–Crippen MR) is 111 cm³/mol. The number of nitrogens with two attached hydrogens (primary N) is 1. The van der Waals surface area contributed by atoms with Crippen LogP contribution in [0.2, 0.25) is 0 Å². The largest absolute Gasteiger partial charge is 0.399 e. The van der Waals surface area contributed by atoms with Crippen LogP contribution in [0, 0.1) is 0 Å². The number of nitrogens with one attached hydrogen (secondary N) is 1. The van der Waals surface area contributed by atoms with E-state index < -0.39 is 0 Å². The van der Waals surface area contributed by atoms with Gasteiger partial charge in [-0.15, -0.1) is 0 Å². The van der Waals surface area contributed by atoms with E-state index in [1.54, 1.807) is 23.2 Å². The van der Waals surface area contributed by atoms with Crippen molar-refractivity contribution in [2.24, 2.45) is 0 Å². The molecule has 0 heterocycles. The Labute approximate surface area is 161 Å². The van der Waals surface area contributed by atoms with Gasteiger partial charge in [-0.3, -0.25) is 4.90 Å². The summed E-state index contributed by atoms with van der Waals surface area (Å²) in [7, 11) is 0. The quantitative estimate of drug-likeness (QED) is 0.556. The summed E-state index contributed by atoms with van der Waals surface area (Å²) in [6, 6.07) is 24.2. The predicted octanol–water partition coefficient (Wildman–Crippen LogP) is 5.55. The van der Waals surface area contributed by atoms with Crippen LogP contribution in [-0.4, -0.2) is 6.03 Å². The van der Waals surface area contributed by atoms with Crippen LogP contribution in [0.1, 0.15) is 5.56 Å². The molecule has 3 aromatic rings. The van der Waals surface area contributed by atoms with Crippen molar-refractivity contribution in [3.05, 3.63) is 95.1 Å². The Morgan fingerprint density at radius 1 is 0.885 bits per heavy atom. The summed E-state index contributed by atoms with van der Waals surface area (Å²) < 4.78 is 0.962. The van der Waals surface area contributed by atoms with Gasteiger partial charge < -0.3 is 11.1 Å². The van der Waals surface area contributed by atoms with Crippen LogP contribution in [0.5, 0.6) is 0 Å². The van der Waals surface area contributed by atoms with Gasteiger partial charge in [0.15, 0.2) is 0 Å². The molecule has 4 nitrogen and oxygen atoms in total. The zero-order valence-electron chi connectivity index (χ0n) is 14.0. The van der Waals surface area contributed by atoms with Gasteiger partial charge in [0, 0.05) is 16.4 Å². The van der Waals surface area contributed by atoms with Crippen LogP contribution in [0.25, 0.3) is 6.08 Å². The highest BCUT2D eigenvalue weighted by Crippen LogP contribution is 2.26. The van der Waals surface area contributed by atoms with Crippen molar-refractivity contribution in [2.75, 3.05) is 10.6 Å². The summed E-state index contributed by atoms with van der Waals surface area (Å²) in [5, 5.41) is 2.82. The Hall–Kier alpha value is -3.05. The van der Waals surface area contributed by atoms with E-state index in [0.717, 1.165) is 21.4 Å². The fourth-order valence-corrected chi connectivity index (χ4v) is 2.88. The fourth-order valence-electron chi connectivity index (χ4n) is 2.46. The summed E-state index contributed by atoms with van der Waals surface area (Å²) in [5.41, 5.74) is 8.89. The molecule has 0 radical (unpaired) electrons. The molecule has 0 atom stereocenters. The minimum Gasteiger partial charge on any atom is -0.399 e. The highest BCUT2D eigenvalue weighted by atomic mass is 79.9. The number of halogens is 1. The topological polar surface area (TPSA) is 58.4 Å². The molecule has 3 N–H and O–H groups in total. The Kier molecular flexibility index (Phi) is 5.71.